The van der Waals surface area contributed by atoms with Crippen LogP contribution in [-0.2, 0) is 0 Å². The molecule has 1 atom stereocenters. The maximum Gasteiger partial charge on any atom is 0.175 e. The molecule has 0 aliphatic rings. The van der Waals surface area contributed by atoms with E-state index in [9.17, 15) is 4.79 Å². The van der Waals surface area contributed by atoms with Crippen molar-refractivity contribution in [2.24, 2.45) is 0 Å². The fraction of sp³-hybridized carbons (Fsp3) is 0.160. The summed E-state index contributed by atoms with van der Waals surface area (Å²) in [4.78, 5) is 12.9. The van der Waals surface area contributed by atoms with Gasteiger partial charge in [0.15, 0.2) is 5.78 Å². The van der Waals surface area contributed by atoms with Gasteiger partial charge in [-0.25, -0.2) is 0 Å². The summed E-state index contributed by atoms with van der Waals surface area (Å²) in [5.74, 6) is 0.823. The Morgan fingerprint density at radius 2 is 1.57 bits per heavy atom. The van der Waals surface area contributed by atoms with Crippen molar-refractivity contribution in [1.82, 2.24) is 10.2 Å². The molecular formula is C25H22N2O2S. The molecule has 0 saturated carbocycles. The van der Waals surface area contributed by atoms with Crippen LogP contribution in [0.5, 0.6) is 5.75 Å². The van der Waals surface area contributed by atoms with Gasteiger partial charge in [-0.1, -0.05) is 66.4 Å². The molecule has 0 saturated heterocycles. The number of hydrogen-bond donors (Lipinski definition) is 0. The molecule has 0 unspecified atom stereocenters. The molecule has 1 aromatic heterocycles. The topological polar surface area (TPSA) is 52.1 Å². The third-order valence-corrected chi connectivity index (χ3v) is 5.90. The number of hydrogen-bond acceptors (Lipinski definition) is 5. The van der Waals surface area contributed by atoms with Crippen molar-refractivity contribution in [2.45, 2.75) is 24.1 Å². The van der Waals surface area contributed by atoms with Gasteiger partial charge in [0.2, 0.25) is 0 Å². The van der Waals surface area contributed by atoms with E-state index in [2.05, 4.69) is 16.3 Å². The van der Waals surface area contributed by atoms with E-state index in [4.69, 9.17) is 4.74 Å². The molecule has 0 aliphatic carbocycles. The molecule has 0 radical (unpaired) electrons. The predicted octanol–water partition coefficient (Wildman–Crippen LogP) is 6.06. The molecule has 0 aliphatic heterocycles. The summed E-state index contributed by atoms with van der Waals surface area (Å²) in [5, 5.41) is 11.5. The first-order chi connectivity index (χ1) is 14.7. The highest BCUT2D eigenvalue weighted by atomic mass is 32.2. The molecule has 3 aromatic carbocycles. The van der Waals surface area contributed by atoms with Crippen molar-refractivity contribution in [3.05, 3.63) is 84.4 Å². The quantitative estimate of drug-likeness (QED) is 0.272. The van der Waals surface area contributed by atoms with Crippen LogP contribution in [0.3, 0.4) is 0 Å². The summed E-state index contributed by atoms with van der Waals surface area (Å²) < 4.78 is 5.46. The summed E-state index contributed by atoms with van der Waals surface area (Å²) in [6.07, 6.45) is 0. The normalized spacial score (nSPS) is 11.9. The smallest absolute Gasteiger partial charge is 0.175 e. The molecule has 0 bridgehead atoms. The van der Waals surface area contributed by atoms with Crippen LogP contribution < -0.4 is 4.74 Å². The van der Waals surface area contributed by atoms with Crippen LogP contribution >= 0.6 is 11.8 Å². The SMILES string of the molecule is CCOc1ccc(C(=O)[C@@H](C)Sc2nnc(-c3ccccc3)c3ccccc23)cc1. The Morgan fingerprint density at radius 1 is 0.900 bits per heavy atom. The molecule has 4 nitrogen and oxygen atoms in total. The van der Waals surface area contributed by atoms with E-state index in [-0.39, 0.29) is 11.0 Å². The standard InChI is InChI=1S/C25H22N2O2S/c1-3-29-20-15-13-19(14-16-20)24(28)17(2)30-25-22-12-8-7-11-21(22)23(26-27-25)18-9-5-4-6-10-18/h4-17H,3H2,1-2H3/t17-/m1/s1. The van der Waals surface area contributed by atoms with Crippen LogP contribution in [0.2, 0.25) is 0 Å². The molecule has 0 N–H and O–H groups in total. The van der Waals surface area contributed by atoms with Gasteiger partial charge in [-0.15, -0.1) is 10.2 Å². The van der Waals surface area contributed by atoms with Crippen molar-refractivity contribution in [1.29, 1.82) is 0 Å². The minimum Gasteiger partial charge on any atom is -0.494 e. The largest absolute Gasteiger partial charge is 0.494 e. The highest BCUT2D eigenvalue weighted by Crippen LogP contribution is 2.34. The van der Waals surface area contributed by atoms with E-state index < -0.39 is 0 Å². The Morgan fingerprint density at radius 3 is 2.27 bits per heavy atom. The number of carbonyl (C=O) groups is 1. The summed E-state index contributed by atoms with van der Waals surface area (Å²) >= 11 is 1.44. The highest BCUT2D eigenvalue weighted by Gasteiger charge is 2.20. The molecule has 0 fully saturated rings. The van der Waals surface area contributed by atoms with Gasteiger partial charge in [-0.3, -0.25) is 4.79 Å². The number of thioether (sulfide) groups is 1. The zero-order chi connectivity index (χ0) is 20.9. The monoisotopic (exact) mass is 414 g/mol. The Hall–Kier alpha value is -3.18. The molecule has 150 valence electrons. The highest BCUT2D eigenvalue weighted by molar-refractivity contribution is 8.00. The summed E-state index contributed by atoms with van der Waals surface area (Å²) in [6, 6.07) is 25.4. The van der Waals surface area contributed by atoms with Gasteiger partial charge in [0.1, 0.15) is 16.5 Å². The number of nitrogens with zero attached hydrogens (tertiary/aromatic N) is 2. The molecule has 4 aromatic rings. The van der Waals surface area contributed by atoms with E-state index in [0.717, 1.165) is 32.8 Å². The van der Waals surface area contributed by atoms with Crippen molar-refractivity contribution in [3.63, 3.8) is 0 Å². The van der Waals surface area contributed by atoms with Gasteiger partial charge < -0.3 is 4.74 Å². The maximum absolute atomic E-state index is 12.9. The number of ketones is 1. The lowest BCUT2D eigenvalue weighted by molar-refractivity contribution is 0.0994. The second kappa shape index (κ2) is 9.09. The zero-order valence-electron chi connectivity index (χ0n) is 16.9. The summed E-state index contributed by atoms with van der Waals surface area (Å²) in [7, 11) is 0. The Bertz CT molecular complexity index is 1160. The maximum atomic E-state index is 12.9. The molecule has 0 amide bonds. The van der Waals surface area contributed by atoms with Crippen LogP contribution in [0.1, 0.15) is 24.2 Å². The number of benzene rings is 3. The number of rotatable bonds is 7. The summed E-state index contributed by atoms with van der Waals surface area (Å²) in [5.41, 5.74) is 2.54. The third-order valence-electron chi connectivity index (χ3n) is 4.81. The van der Waals surface area contributed by atoms with E-state index in [1.165, 1.54) is 11.8 Å². The minimum atomic E-state index is -0.289. The number of carbonyl (C=O) groups excluding carboxylic acids is 1. The first kappa shape index (κ1) is 20.1. The molecule has 30 heavy (non-hydrogen) atoms. The minimum absolute atomic E-state index is 0.0565. The van der Waals surface area contributed by atoms with Crippen LogP contribution in [0.15, 0.2) is 83.9 Å². The lowest BCUT2D eigenvalue weighted by Crippen LogP contribution is -2.14. The predicted molar refractivity (Wildman–Crippen MR) is 122 cm³/mol. The lowest BCUT2D eigenvalue weighted by Gasteiger charge is -2.13. The molecule has 5 heteroatoms. The summed E-state index contributed by atoms with van der Waals surface area (Å²) in [6.45, 7) is 4.45. The van der Waals surface area contributed by atoms with Crippen LogP contribution in [0.25, 0.3) is 22.0 Å². The van der Waals surface area contributed by atoms with Crippen molar-refractivity contribution in [2.75, 3.05) is 6.61 Å². The van der Waals surface area contributed by atoms with E-state index in [0.29, 0.717) is 12.2 Å². The Labute approximate surface area is 180 Å². The average Bonchev–Trinajstić information content (AvgIpc) is 2.80. The van der Waals surface area contributed by atoms with Gasteiger partial charge >= 0.3 is 0 Å². The lowest BCUT2D eigenvalue weighted by atomic mass is 10.1. The first-order valence-corrected chi connectivity index (χ1v) is 10.8. The van der Waals surface area contributed by atoms with Gasteiger partial charge in [-0.2, -0.15) is 0 Å². The van der Waals surface area contributed by atoms with Crippen molar-refractivity contribution < 1.29 is 9.53 Å². The van der Waals surface area contributed by atoms with Crippen molar-refractivity contribution >= 4 is 28.3 Å². The van der Waals surface area contributed by atoms with Crippen LogP contribution in [0, 0.1) is 0 Å². The van der Waals surface area contributed by atoms with Crippen LogP contribution in [-0.4, -0.2) is 27.8 Å². The van der Waals surface area contributed by atoms with Crippen LogP contribution in [0.4, 0.5) is 0 Å². The first-order valence-electron chi connectivity index (χ1n) is 9.92. The van der Waals surface area contributed by atoms with Gasteiger partial charge in [0.05, 0.1) is 11.9 Å². The van der Waals surface area contributed by atoms with Crippen molar-refractivity contribution in [3.8, 4) is 17.0 Å². The Kier molecular flexibility index (Phi) is 6.10. The number of aromatic nitrogens is 2. The molecule has 4 rings (SSSR count). The van der Waals surface area contributed by atoms with Gasteiger partial charge in [-0.05, 0) is 38.1 Å². The number of ether oxygens (including phenoxy) is 1. The van der Waals surface area contributed by atoms with E-state index in [1.807, 2.05) is 86.6 Å². The molecule has 1 heterocycles. The van der Waals surface area contributed by atoms with E-state index >= 15 is 0 Å². The molecular weight excluding hydrogens is 392 g/mol. The fourth-order valence-electron chi connectivity index (χ4n) is 3.31. The number of Topliss-reactive ketones (excluding diaryl/α,β-unsaturated/α-hetero) is 1. The van der Waals surface area contributed by atoms with Gasteiger partial charge in [0, 0.05) is 21.9 Å². The third kappa shape index (κ3) is 4.21. The average molecular weight is 415 g/mol. The molecule has 0 spiro atoms. The van der Waals surface area contributed by atoms with Gasteiger partial charge in [0.25, 0.3) is 0 Å². The van der Waals surface area contributed by atoms with E-state index in [1.54, 1.807) is 0 Å². The number of fused-ring (bicyclic) bond motifs is 1. The zero-order valence-corrected chi connectivity index (χ0v) is 17.7. The second-order valence-corrected chi connectivity index (χ2v) is 8.18. The Balaban J connectivity index is 1.61. The second-order valence-electron chi connectivity index (χ2n) is 6.85. The fourth-order valence-corrected chi connectivity index (χ4v) is 4.28.